The molecular formula is C18H23FIN7S. The Labute approximate surface area is 185 Å². The molecule has 2 heterocycles. The zero-order chi connectivity index (χ0) is 19.2. The Balaban J connectivity index is 0.00000280. The van der Waals surface area contributed by atoms with E-state index in [1.165, 1.54) is 23.7 Å². The number of anilines is 1. The Kier molecular flexibility index (Phi) is 8.37. The largest absolute Gasteiger partial charge is 0.352 e. The molecule has 0 saturated carbocycles. The van der Waals surface area contributed by atoms with Crippen LogP contribution < -0.4 is 10.2 Å². The number of guanidine groups is 1. The van der Waals surface area contributed by atoms with Gasteiger partial charge in [-0.2, -0.15) is 9.64 Å². The first-order valence-electron chi connectivity index (χ1n) is 8.86. The van der Waals surface area contributed by atoms with E-state index >= 15 is 0 Å². The van der Waals surface area contributed by atoms with Crippen molar-refractivity contribution in [3.63, 3.8) is 0 Å². The zero-order valence-corrected chi connectivity index (χ0v) is 19.0. The van der Waals surface area contributed by atoms with E-state index in [1.54, 1.807) is 13.1 Å². The smallest absolute Gasteiger partial charge is 0.205 e. The summed E-state index contributed by atoms with van der Waals surface area (Å²) in [7, 11) is 1.72. The summed E-state index contributed by atoms with van der Waals surface area (Å²) < 4.78 is 18.3. The van der Waals surface area contributed by atoms with Gasteiger partial charge in [-0.05, 0) is 18.2 Å². The van der Waals surface area contributed by atoms with E-state index < -0.39 is 0 Å². The second-order valence-corrected chi connectivity index (χ2v) is 6.87. The van der Waals surface area contributed by atoms with Crippen LogP contribution in [-0.2, 0) is 13.0 Å². The second kappa shape index (κ2) is 10.5. The number of nitrogens with one attached hydrogen (secondary N) is 1. The summed E-state index contributed by atoms with van der Waals surface area (Å²) in [5.41, 5.74) is 0.898. The number of hydrogen-bond donors (Lipinski definition) is 1. The number of nitrogens with zero attached hydrogens (tertiary/aromatic N) is 6. The van der Waals surface area contributed by atoms with Crippen LogP contribution >= 0.6 is 35.5 Å². The van der Waals surface area contributed by atoms with Gasteiger partial charge in [0.05, 0.1) is 11.6 Å². The number of nitriles is 1. The third-order valence-electron chi connectivity index (χ3n) is 4.45. The predicted molar refractivity (Wildman–Crippen MR) is 120 cm³/mol. The topological polar surface area (TPSA) is 80.4 Å². The van der Waals surface area contributed by atoms with E-state index in [1.807, 2.05) is 6.07 Å². The van der Waals surface area contributed by atoms with E-state index in [0.717, 1.165) is 49.5 Å². The van der Waals surface area contributed by atoms with Gasteiger partial charge < -0.3 is 15.1 Å². The van der Waals surface area contributed by atoms with Crippen LogP contribution in [0.5, 0.6) is 0 Å². The van der Waals surface area contributed by atoms with Crippen molar-refractivity contribution in [2.24, 2.45) is 4.99 Å². The Hall–Kier alpha value is -2.00. The van der Waals surface area contributed by atoms with Crippen molar-refractivity contribution in [2.45, 2.75) is 19.9 Å². The molecule has 1 fully saturated rings. The summed E-state index contributed by atoms with van der Waals surface area (Å²) in [6.07, 6.45) is 0.844. The molecule has 10 heteroatoms. The number of aryl methyl sites for hydroxylation is 1. The van der Waals surface area contributed by atoms with Crippen molar-refractivity contribution in [1.82, 2.24) is 19.6 Å². The summed E-state index contributed by atoms with van der Waals surface area (Å²) in [4.78, 5) is 13.2. The third-order valence-corrected chi connectivity index (χ3v) is 5.26. The lowest BCUT2D eigenvalue weighted by atomic mass is 10.1. The normalized spacial score (nSPS) is 14.4. The van der Waals surface area contributed by atoms with Crippen molar-refractivity contribution >= 4 is 46.6 Å². The number of rotatable bonds is 4. The Morgan fingerprint density at radius 1 is 1.36 bits per heavy atom. The summed E-state index contributed by atoms with van der Waals surface area (Å²) in [5, 5.41) is 13.1. The van der Waals surface area contributed by atoms with Crippen LogP contribution in [0.25, 0.3) is 0 Å². The number of halogens is 2. The molecule has 1 saturated heterocycles. The molecule has 7 nitrogen and oxygen atoms in total. The minimum absolute atomic E-state index is 0. The van der Waals surface area contributed by atoms with Gasteiger partial charge in [0.1, 0.15) is 11.6 Å². The average molecular weight is 515 g/mol. The highest BCUT2D eigenvalue weighted by molar-refractivity contribution is 14.0. The highest BCUT2D eigenvalue weighted by Gasteiger charge is 2.22. The molecule has 0 unspecified atom stereocenters. The molecule has 1 aromatic carbocycles. The van der Waals surface area contributed by atoms with Gasteiger partial charge in [0.25, 0.3) is 0 Å². The van der Waals surface area contributed by atoms with Gasteiger partial charge in [0.15, 0.2) is 5.96 Å². The molecule has 0 aliphatic carbocycles. The highest BCUT2D eigenvalue weighted by Crippen LogP contribution is 2.19. The van der Waals surface area contributed by atoms with Gasteiger partial charge in [0.2, 0.25) is 5.13 Å². The molecule has 3 rings (SSSR count). The number of hydrogen-bond acceptors (Lipinski definition) is 6. The van der Waals surface area contributed by atoms with Gasteiger partial charge in [-0.25, -0.2) is 9.37 Å². The monoisotopic (exact) mass is 515 g/mol. The van der Waals surface area contributed by atoms with Crippen LogP contribution in [0.1, 0.15) is 23.9 Å². The molecule has 0 bridgehead atoms. The van der Waals surface area contributed by atoms with Gasteiger partial charge in [-0.3, -0.25) is 4.99 Å². The van der Waals surface area contributed by atoms with Gasteiger partial charge >= 0.3 is 0 Å². The summed E-state index contributed by atoms with van der Waals surface area (Å²) in [5.74, 6) is 1.28. The fourth-order valence-corrected chi connectivity index (χ4v) is 3.71. The Bertz CT molecular complexity index is 856. The van der Waals surface area contributed by atoms with Crippen LogP contribution in [0.2, 0.25) is 0 Å². The predicted octanol–water partition coefficient (Wildman–Crippen LogP) is 2.63. The van der Waals surface area contributed by atoms with Crippen LogP contribution in [0, 0.1) is 17.1 Å². The molecule has 0 radical (unpaired) electrons. The molecule has 0 spiro atoms. The lowest BCUT2D eigenvalue weighted by Gasteiger charge is -2.36. The molecule has 1 N–H and O–H groups in total. The summed E-state index contributed by atoms with van der Waals surface area (Å²) >= 11 is 1.44. The maximum atomic E-state index is 14.0. The minimum Gasteiger partial charge on any atom is -0.352 e. The highest BCUT2D eigenvalue weighted by atomic mass is 127. The molecular weight excluding hydrogens is 492 g/mol. The van der Waals surface area contributed by atoms with Crippen molar-refractivity contribution in [3.8, 4) is 6.07 Å². The van der Waals surface area contributed by atoms with Crippen LogP contribution in [-0.4, -0.2) is 53.4 Å². The van der Waals surface area contributed by atoms with Crippen molar-refractivity contribution in [2.75, 3.05) is 38.1 Å². The molecule has 1 aliphatic heterocycles. The molecule has 28 heavy (non-hydrogen) atoms. The molecule has 150 valence electrons. The van der Waals surface area contributed by atoms with Crippen LogP contribution in [0.15, 0.2) is 23.2 Å². The quantitative estimate of drug-likeness (QED) is 0.383. The SMILES string of the molecule is CCc1nsc(N2CCN(C(=NC)NCc3cc(C#N)ccc3F)CC2)n1.I. The van der Waals surface area contributed by atoms with Crippen LogP contribution in [0.4, 0.5) is 9.52 Å². The average Bonchev–Trinajstić information content (AvgIpc) is 3.19. The van der Waals surface area contributed by atoms with Crippen molar-refractivity contribution in [1.29, 1.82) is 5.26 Å². The fraction of sp³-hybridized carbons (Fsp3) is 0.444. The second-order valence-electron chi connectivity index (χ2n) is 6.14. The molecule has 0 atom stereocenters. The standard InChI is InChI=1S/C18H22FN7S.HI/c1-3-16-23-18(27-24-16)26-8-6-25(7-9-26)17(21-2)22-12-14-10-13(11-20)4-5-15(14)19;/h4-5,10H,3,6-9,12H2,1-2H3,(H,21,22);1H. The first kappa shape index (κ1) is 22.3. The van der Waals surface area contributed by atoms with Crippen LogP contribution in [0.3, 0.4) is 0 Å². The maximum Gasteiger partial charge on any atom is 0.205 e. The molecule has 1 aromatic heterocycles. The number of aromatic nitrogens is 2. The molecule has 1 aliphatic rings. The first-order valence-corrected chi connectivity index (χ1v) is 9.63. The van der Waals surface area contributed by atoms with E-state index in [4.69, 9.17) is 5.26 Å². The van der Waals surface area contributed by atoms with Crippen molar-refractivity contribution < 1.29 is 4.39 Å². The maximum absolute atomic E-state index is 14.0. The van der Waals surface area contributed by atoms with Gasteiger partial charge in [0, 0.05) is 63.3 Å². The molecule has 0 amide bonds. The van der Waals surface area contributed by atoms with Gasteiger partial charge in [-0.15, -0.1) is 24.0 Å². The van der Waals surface area contributed by atoms with E-state index in [0.29, 0.717) is 11.1 Å². The lowest BCUT2D eigenvalue weighted by molar-refractivity contribution is 0.372. The number of piperazine rings is 1. The van der Waals surface area contributed by atoms with Crippen molar-refractivity contribution in [3.05, 3.63) is 41.0 Å². The van der Waals surface area contributed by atoms with E-state index in [9.17, 15) is 4.39 Å². The lowest BCUT2D eigenvalue weighted by Crippen LogP contribution is -2.52. The zero-order valence-electron chi connectivity index (χ0n) is 15.9. The van der Waals surface area contributed by atoms with E-state index in [-0.39, 0.29) is 36.3 Å². The Morgan fingerprint density at radius 3 is 2.71 bits per heavy atom. The Morgan fingerprint density at radius 2 is 2.11 bits per heavy atom. The third kappa shape index (κ3) is 5.29. The summed E-state index contributed by atoms with van der Waals surface area (Å²) in [6, 6.07) is 6.40. The number of benzene rings is 1. The van der Waals surface area contributed by atoms with Gasteiger partial charge in [-0.1, -0.05) is 6.92 Å². The summed E-state index contributed by atoms with van der Waals surface area (Å²) in [6.45, 7) is 5.58. The number of aliphatic imine (C=N–C) groups is 1. The fourth-order valence-electron chi connectivity index (χ4n) is 2.91. The first-order chi connectivity index (χ1) is 13.1. The minimum atomic E-state index is -0.329. The van der Waals surface area contributed by atoms with E-state index in [2.05, 4.69) is 36.4 Å². The molecule has 2 aromatic rings.